The maximum Gasteiger partial charge on any atom is 0.138 e. The van der Waals surface area contributed by atoms with Crippen LogP contribution in [-0.2, 0) is 11.2 Å². The Balaban J connectivity index is 1.80. The van der Waals surface area contributed by atoms with Crippen molar-refractivity contribution in [1.82, 2.24) is 4.98 Å². The highest BCUT2D eigenvalue weighted by Gasteiger charge is 2.10. The van der Waals surface area contributed by atoms with Crippen LogP contribution < -0.4 is 5.73 Å². The summed E-state index contributed by atoms with van der Waals surface area (Å²) >= 11 is 1.58. The predicted molar refractivity (Wildman–Crippen MR) is 78.2 cm³/mol. The van der Waals surface area contributed by atoms with E-state index in [0.717, 1.165) is 16.3 Å². The quantitative estimate of drug-likeness (QED) is 0.881. The molecule has 1 unspecified atom stereocenters. The zero-order valence-electron chi connectivity index (χ0n) is 11.0. The predicted octanol–water partition coefficient (Wildman–Crippen LogP) is 3.04. The fourth-order valence-corrected chi connectivity index (χ4v) is 2.58. The number of rotatable bonds is 6. The van der Waals surface area contributed by atoms with Crippen LogP contribution in [0.1, 0.15) is 35.1 Å². The molecule has 0 saturated carbocycles. The zero-order chi connectivity index (χ0) is 13.7. The third-order valence-corrected chi connectivity index (χ3v) is 3.83. The molecule has 2 N–H and O–H groups in total. The van der Waals surface area contributed by atoms with Gasteiger partial charge in [0.1, 0.15) is 5.78 Å². The minimum atomic E-state index is -0.0673. The Labute approximate surface area is 117 Å². The van der Waals surface area contributed by atoms with E-state index in [1.807, 2.05) is 42.6 Å². The van der Waals surface area contributed by atoms with Crippen LogP contribution in [0.25, 0.3) is 0 Å². The van der Waals surface area contributed by atoms with Crippen LogP contribution in [-0.4, -0.2) is 10.8 Å². The smallest absolute Gasteiger partial charge is 0.138 e. The number of nitrogens with two attached hydrogens (primary N) is 1. The standard InChI is InChI=1S/C15H18N2OS/c1-11-17-13(10-19-11)9-14(18)7-8-15(16)12-5-3-2-4-6-12/h2-6,10,15H,7-9,16H2,1H3. The van der Waals surface area contributed by atoms with E-state index in [2.05, 4.69) is 4.98 Å². The van der Waals surface area contributed by atoms with Crippen molar-refractivity contribution >= 4 is 17.1 Å². The lowest BCUT2D eigenvalue weighted by Crippen LogP contribution is -2.13. The minimum Gasteiger partial charge on any atom is -0.324 e. The van der Waals surface area contributed by atoms with Gasteiger partial charge in [-0.05, 0) is 18.9 Å². The maximum atomic E-state index is 11.9. The monoisotopic (exact) mass is 274 g/mol. The lowest BCUT2D eigenvalue weighted by molar-refractivity contribution is -0.118. The van der Waals surface area contributed by atoms with Crippen molar-refractivity contribution in [2.24, 2.45) is 5.73 Å². The fourth-order valence-electron chi connectivity index (χ4n) is 1.96. The van der Waals surface area contributed by atoms with E-state index in [1.165, 1.54) is 0 Å². The van der Waals surface area contributed by atoms with E-state index in [4.69, 9.17) is 5.73 Å². The number of nitrogens with zero attached hydrogens (tertiary/aromatic N) is 1. The molecule has 2 rings (SSSR count). The van der Waals surface area contributed by atoms with Gasteiger partial charge in [-0.15, -0.1) is 11.3 Å². The first kappa shape index (κ1) is 13.9. The molecule has 1 aromatic heterocycles. The molecule has 0 aliphatic heterocycles. The molecule has 0 spiro atoms. The molecular formula is C15H18N2OS. The average molecular weight is 274 g/mol. The lowest BCUT2D eigenvalue weighted by atomic mass is 10.0. The number of carbonyl (C=O) groups excluding carboxylic acids is 1. The van der Waals surface area contributed by atoms with Crippen LogP contribution >= 0.6 is 11.3 Å². The van der Waals surface area contributed by atoms with Crippen LogP contribution in [0.4, 0.5) is 0 Å². The second-order valence-electron chi connectivity index (χ2n) is 4.63. The van der Waals surface area contributed by atoms with Crippen LogP contribution in [0.15, 0.2) is 35.7 Å². The molecule has 19 heavy (non-hydrogen) atoms. The first-order valence-corrected chi connectivity index (χ1v) is 7.26. The average Bonchev–Trinajstić information content (AvgIpc) is 2.82. The van der Waals surface area contributed by atoms with E-state index < -0.39 is 0 Å². The second-order valence-corrected chi connectivity index (χ2v) is 5.69. The van der Waals surface area contributed by atoms with E-state index in [-0.39, 0.29) is 11.8 Å². The number of thiazole rings is 1. The number of aromatic nitrogens is 1. The molecule has 0 radical (unpaired) electrons. The van der Waals surface area contributed by atoms with Gasteiger partial charge in [0.05, 0.1) is 10.7 Å². The van der Waals surface area contributed by atoms with Gasteiger partial charge in [0.2, 0.25) is 0 Å². The van der Waals surface area contributed by atoms with Crippen LogP contribution in [0.5, 0.6) is 0 Å². The second kappa shape index (κ2) is 6.59. The first-order chi connectivity index (χ1) is 9.15. The molecule has 2 aromatic rings. The SMILES string of the molecule is Cc1nc(CC(=O)CCC(N)c2ccccc2)cs1. The van der Waals surface area contributed by atoms with E-state index in [1.54, 1.807) is 11.3 Å². The Morgan fingerprint density at radius 1 is 1.37 bits per heavy atom. The number of carbonyl (C=O) groups is 1. The molecule has 0 amide bonds. The molecule has 1 aromatic carbocycles. The first-order valence-electron chi connectivity index (χ1n) is 6.38. The number of ketones is 1. The summed E-state index contributed by atoms with van der Waals surface area (Å²) in [5.41, 5.74) is 8.03. The van der Waals surface area contributed by atoms with Gasteiger partial charge in [-0.2, -0.15) is 0 Å². The summed E-state index contributed by atoms with van der Waals surface area (Å²) in [6, 6.07) is 9.83. The number of aryl methyl sites for hydroxylation is 1. The number of hydrogen-bond acceptors (Lipinski definition) is 4. The molecule has 1 heterocycles. The maximum absolute atomic E-state index is 11.9. The normalized spacial score (nSPS) is 12.3. The van der Waals surface area contributed by atoms with E-state index >= 15 is 0 Å². The molecule has 1 atom stereocenters. The van der Waals surface area contributed by atoms with Gasteiger partial charge < -0.3 is 5.73 Å². The molecule has 0 saturated heterocycles. The molecule has 100 valence electrons. The van der Waals surface area contributed by atoms with Crippen molar-refractivity contribution in [2.45, 2.75) is 32.2 Å². The molecule has 0 bridgehead atoms. The molecule has 0 fully saturated rings. The van der Waals surface area contributed by atoms with Crippen molar-refractivity contribution in [3.8, 4) is 0 Å². The summed E-state index contributed by atoms with van der Waals surface area (Å²) in [5, 5.41) is 2.95. The Morgan fingerprint density at radius 3 is 2.74 bits per heavy atom. The van der Waals surface area contributed by atoms with Crippen molar-refractivity contribution in [3.05, 3.63) is 52.0 Å². The molecule has 4 heteroatoms. The number of hydrogen-bond donors (Lipinski definition) is 1. The van der Waals surface area contributed by atoms with Gasteiger partial charge in [0, 0.05) is 24.3 Å². The highest BCUT2D eigenvalue weighted by molar-refractivity contribution is 7.09. The Kier molecular flexibility index (Phi) is 4.82. The van der Waals surface area contributed by atoms with Gasteiger partial charge in [-0.25, -0.2) is 4.98 Å². The summed E-state index contributed by atoms with van der Waals surface area (Å²) in [6.45, 7) is 1.95. The van der Waals surface area contributed by atoms with Crippen molar-refractivity contribution in [3.63, 3.8) is 0 Å². The topological polar surface area (TPSA) is 56.0 Å². The largest absolute Gasteiger partial charge is 0.324 e. The van der Waals surface area contributed by atoms with Crippen molar-refractivity contribution < 1.29 is 4.79 Å². The number of Topliss-reactive ketones (excluding diaryl/α,β-unsaturated/α-hetero) is 1. The van der Waals surface area contributed by atoms with E-state index in [0.29, 0.717) is 19.3 Å². The minimum absolute atomic E-state index is 0.0673. The molecule has 0 aliphatic rings. The van der Waals surface area contributed by atoms with Gasteiger partial charge >= 0.3 is 0 Å². The Hall–Kier alpha value is -1.52. The third-order valence-electron chi connectivity index (χ3n) is 3.01. The van der Waals surface area contributed by atoms with Gasteiger partial charge in [-0.3, -0.25) is 4.79 Å². The molecule has 3 nitrogen and oxygen atoms in total. The summed E-state index contributed by atoms with van der Waals surface area (Å²) < 4.78 is 0. The Bertz CT molecular complexity index is 536. The van der Waals surface area contributed by atoms with Crippen LogP contribution in [0.3, 0.4) is 0 Å². The summed E-state index contributed by atoms with van der Waals surface area (Å²) in [4.78, 5) is 16.2. The Morgan fingerprint density at radius 2 is 2.11 bits per heavy atom. The molecular weight excluding hydrogens is 256 g/mol. The third kappa shape index (κ3) is 4.26. The fraction of sp³-hybridized carbons (Fsp3) is 0.333. The van der Waals surface area contributed by atoms with Crippen LogP contribution in [0, 0.1) is 6.92 Å². The lowest BCUT2D eigenvalue weighted by Gasteiger charge is -2.10. The van der Waals surface area contributed by atoms with Gasteiger partial charge in [0.15, 0.2) is 0 Å². The highest BCUT2D eigenvalue weighted by Crippen LogP contribution is 2.16. The van der Waals surface area contributed by atoms with Crippen molar-refractivity contribution in [1.29, 1.82) is 0 Å². The zero-order valence-corrected chi connectivity index (χ0v) is 11.8. The number of benzene rings is 1. The van der Waals surface area contributed by atoms with E-state index in [9.17, 15) is 4.79 Å². The molecule has 0 aliphatic carbocycles. The van der Waals surface area contributed by atoms with Gasteiger partial charge in [0.25, 0.3) is 0 Å². The summed E-state index contributed by atoms with van der Waals surface area (Å²) in [6.07, 6.45) is 1.62. The highest BCUT2D eigenvalue weighted by atomic mass is 32.1. The summed E-state index contributed by atoms with van der Waals surface area (Å²) in [7, 11) is 0. The van der Waals surface area contributed by atoms with Crippen molar-refractivity contribution in [2.75, 3.05) is 0 Å². The van der Waals surface area contributed by atoms with Crippen LogP contribution in [0.2, 0.25) is 0 Å². The summed E-state index contributed by atoms with van der Waals surface area (Å²) in [5.74, 6) is 0.205. The van der Waals surface area contributed by atoms with Gasteiger partial charge in [-0.1, -0.05) is 30.3 Å².